The maximum absolute atomic E-state index is 12.9. The van der Waals surface area contributed by atoms with Crippen molar-refractivity contribution in [1.29, 1.82) is 0 Å². The van der Waals surface area contributed by atoms with Crippen LogP contribution in [0.4, 0.5) is 29.3 Å². The van der Waals surface area contributed by atoms with Gasteiger partial charge in [-0.15, -0.1) is 0 Å². The summed E-state index contributed by atoms with van der Waals surface area (Å²) in [5.74, 6) is -0.788. The molecule has 1 aromatic carbocycles. The normalized spacial score (nSPS) is 24.6. The number of nitrogens with one attached hydrogen (secondary N) is 2. The third-order valence-corrected chi connectivity index (χ3v) is 5.19. The first-order chi connectivity index (χ1) is 14.1. The van der Waals surface area contributed by atoms with E-state index < -0.39 is 30.7 Å². The Morgan fingerprint density at radius 3 is 2.50 bits per heavy atom. The summed E-state index contributed by atoms with van der Waals surface area (Å²) in [6, 6.07) is 5.93. The van der Waals surface area contributed by atoms with Gasteiger partial charge in [0.05, 0.1) is 23.6 Å². The Labute approximate surface area is 173 Å². The van der Waals surface area contributed by atoms with E-state index in [0.29, 0.717) is 38.2 Å². The third-order valence-electron chi connectivity index (χ3n) is 5.19. The van der Waals surface area contributed by atoms with Crippen LogP contribution in [0.15, 0.2) is 24.3 Å². The minimum absolute atomic E-state index is 0.0396. The van der Waals surface area contributed by atoms with Crippen molar-refractivity contribution in [2.75, 3.05) is 36.4 Å². The van der Waals surface area contributed by atoms with Crippen LogP contribution in [0.25, 0.3) is 0 Å². The van der Waals surface area contributed by atoms with E-state index in [1.54, 1.807) is 12.1 Å². The number of hydrogen-bond donors (Lipinski definition) is 2. The molecule has 2 fully saturated rings. The summed E-state index contributed by atoms with van der Waals surface area (Å²) in [7, 11) is 0. The average molecular weight is 428 g/mol. The van der Waals surface area contributed by atoms with E-state index in [-0.39, 0.29) is 12.2 Å². The van der Waals surface area contributed by atoms with Crippen LogP contribution in [0.3, 0.4) is 0 Å². The van der Waals surface area contributed by atoms with Crippen molar-refractivity contribution in [3.63, 3.8) is 0 Å². The predicted octanol–water partition coefficient (Wildman–Crippen LogP) is 2.98. The lowest BCUT2D eigenvalue weighted by Crippen LogP contribution is -2.49. The SMILES string of the molecule is CC1CN(c2ccccc2NC(=O)N2CCCC2C(=O)NCC(F)(F)F)CC(C)O1. The Balaban J connectivity index is 1.69. The molecule has 0 saturated carbocycles. The van der Waals surface area contributed by atoms with E-state index in [1.807, 2.05) is 31.3 Å². The Morgan fingerprint density at radius 1 is 1.17 bits per heavy atom. The van der Waals surface area contributed by atoms with Gasteiger partial charge >= 0.3 is 12.2 Å². The average Bonchev–Trinajstić information content (AvgIpc) is 3.15. The highest BCUT2D eigenvalue weighted by molar-refractivity contribution is 5.96. The molecule has 0 spiro atoms. The number of rotatable bonds is 4. The summed E-state index contributed by atoms with van der Waals surface area (Å²) in [6.45, 7) is 4.21. The Kier molecular flexibility index (Phi) is 6.74. The summed E-state index contributed by atoms with van der Waals surface area (Å²) >= 11 is 0. The van der Waals surface area contributed by atoms with Crippen molar-refractivity contribution in [1.82, 2.24) is 10.2 Å². The topological polar surface area (TPSA) is 73.9 Å². The number of benzene rings is 1. The molecule has 2 aliphatic heterocycles. The molecule has 3 unspecified atom stereocenters. The van der Waals surface area contributed by atoms with Gasteiger partial charge in [-0.25, -0.2) is 4.79 Å². The smallest absolute Gasteiger partial charge is 0.372 e. The zero-order valence-corrected chi connectivity index (χ0v) is 17.0. The van der Waals surface area contributed by atoms with Crippen molar-refractivity contribution in [2.45, 2.75) is 51.1 Å². The van der Waals surface area contributed by atoms with E-state index in [4.69, 9.17) is 4.74 Å². The number of carbonyl (C=O) groups is 2. The molecular weight excluding hydrogens is 401 g/mol. The van der Waals surface area contributed by atoms with E-state index in [0.717, 1.165) is 5.69 Å². The monoisotopic (exact) mass is 428 g/mol. The summed E-state index contributed by atoms with van der Waals surface area (Å²) in [5.41, 5.74) is 1.43. The fraction of sp³-hybridized carbons (Fsp3) is 0.600. The first-order valence-corrected chi connectivity index (χ1v) is 10.1. The largest absolute Gasteiger partial charge is 0.405 e. The fourth-order valence-corrected chi connectivity index (χ4v) is 4.00. The number of para-hydroxylation sites is 2. The van der Waals surface area contributed by atoms with E-state index in [1.165, 1.54) is 4.90 Å². The number of urea groups is 1. The molecule has 10 heteroatoms. The van der Waals surface area contributed by atoms with E-state index in [9.17, 15) is 22.8 Å². The number of likely N-dealkylation sites (tertiary alicyclic amines) is 1. The van der Waals surface area contributed by atoms with Gasteiger partial charge in [0.15, 0.2) is 0 Å². The molecule has 2 N–H and O–H groups in total. The summed E-state index contributed by atoms with van der Waals surface area (Å²) in [5, 5.41) is 4.72. The molecule has 3 atom stereocenters. The molecule has 1 aromatic rings. The van der Waals surface area contributed by atoms with Gasteiger partial charge in [-0.3, -0.25) is 4.79 Å². The fourth-order valence-electron chi connectivity index (χ4n) is 4.00. The zero-order valence-electron chi connectivity index (χ0n) is 17.0. The van der Waals surface area contributed by atoms with E-state index >= 15 is 0 Å². The minimum Gasteiger partial charge on any atom is -0.372 e. The number of anilines is 2. The lowest BCUT2D eigenvalue weighted by Gasteiger charge is -2.37. The maximum atomic E-state index is 12.9. The van der Waals surface area contributed by atoms with Gasteiger partial charge in [0.25, 0.3) is 0 Å². The highest BCUT2D eigenvalue weighted by Gasteiger charge is 2.36. The lowest BCUT2D eigenvalue weighted by molar-refractivity contribution is -0.140. The molecule has 30 heavy (non-hydrogen) atoms. The van der Waals surface area contributed by atoms with Gasteiger partial charge in [0, 0.05) is 19.6 Å². The Morgan fingerprint density at radius 2 is 1.83 bits per heavy atom. The first-order valence-electron chi connectivity index (χ1n) is 10.1. The second-order valence-electron chi connectivity index (χ2n) is 7.79. The van der Waals surface area contributed by atoms with Crippen molar-refractivity contribution in [3.05, 3.63) is 24.3 Å². The molecule has 0 bridgehead atoms. The Hall–Kier alpha value is -2.49. The van der Waals surface area contributed by atoms with Crippen LogP contribution in [-0.2, 0) is 9.53 Å². The molecule has 2 aliphatic rings. The number of morpholine rings is 1. The molecule has 0 aromatic heterocycles. The van der Waals surface area contributed by atoms with Crippen molar-refractivity contribution >= 4 is 23.3 Å². The molecule has 3 rings (SSSR count). The summed E-state index contributed by atoms with van der Waals surface area (Å²) < 4.78 is 43.0. The summed E-state index contributed by atoms with van der Waals surface area (Å²) in [6.07, 6.45) is -3.53. The standard InChI is InChI=1S/C20H27F3N4O3/c1-13-10-26(11-14(2)30-13)16-7-4-3-6-15(16)25-19(29)27-9-5-8-17(27)18(28)24-12-20(21,22)23/h3-4,6-7,13-14,17H,5,8-12H2,1-2H3,(H,24,28)(H,25,29). The molecular formula is C20H27F3N4O3. The molecule has 2 saturated heterocycles. The van der Waals surface area contributed by atoms with E-state index in [2.05, 4.69) is 10.2 Å². The second-order valence-corrected chi connectivity index (χ2v) is 7.79. The number of amides is 3. The maximum Gasteiger partial charge on any atom is 0.405 e. The highest BCUT2D eigenvalue weighted by Crippen LogP contribution is 2.29. The molecule has 0 radical (unpaired) electrons. The predicted molar refractivity (Wildman–Crippen MR) is 106 cm³/mol. The van der Waals surface area contributed by atoms with Crippen LogP contribution in [-0.4, -0.2) is 67.4 Å². The summed E-state index contributed by atoms with van der Waals surface area (Å²) in [4.78, 5) is 28.5. The van der Waals surface area contributed by atoms with Crippen LogP contribution in [0.1, 0.15) is 26.7 Å². The van der Waals surface area contributed by atoms with Gasteiger partial charge in [-0.1, -0.05) is 12.1 Å². The second kappa shape index (κ2) is 9.11. The number of carbonyl (C=O) groups excluding carboxylic acids is 2. The molecule has 0 aliphatic carbocycles. The van der Waals surface area contributed by atoms with Gasteiger partial charge < -0.3 is 25.2 Å². The lowest BCUT2D eigenvalue weighted by atomic mass is 10.1. The zero-order chi connectivity index (χ0) is 21.9. The number of alkyl halides is 3. The molecule has 3 amide bonds. The van der Waals surface area contributed by atoms with Crippen LogP contribution in [0.5, 0.6) is 0 Å². The number of halogens is 3. The Bertz CT molecular complexity index is 764. The van der Waals surface area contributed by atoms with Gasteiger partial charge in [-0.05, 0) is 38.8 Å². The van der Waals surface area contributed by atoms with Gasteiger partial charge in [-0.2, -0.15) is 13.2 Å². The van der Waals surface area contributed by atoms with Gasteiger partial charge in [0.2, 0.25) is 5.91 Å². The minimum atomic E-state index is -4.49. The van der Waals surface area contributed by atoms with Crippen molar-refractivity contribution in [2.24, 2.45) is 0 Å². The number of ether oxygens (including phenoxy) is 1. The number of nitrogens with zero attached hydrogens (tertiary/aromatic N) is 2. The molecule has 7 nitrogen and oxygen atoms in total. The van der Waals surface area contributed by atoms with Gasteiger partial charge in [0.1, 0.15) is 12.6 Å². The van der Waals surface area contributed by atoms with Crippen molar-refractivity contribution < 1.29 is 27.5 Å². The van der Waals surface area contributed by atoms with Crippen LogP contribution in [0.2, 0.25) is 0 Å². The van der Waals surface area contributed by atoms with Crippen LogP contribution >= 0.6 is 0 Å². The van der Waals surface area contributed by atoms with Crippen LogP contribution in [0, 0.1) is 0 Å². The molecule has 166 valence electrons. The molecule has 2 heterocycles. The van der Waals surface area contributed by atoms with Crippen molar-refractivity contribution in [3.8, 4) is 0 Å². The van der Waals surface area contributed by atoms with Crippen LogP contribution < -0.4 is 15.5 Å². The highest BCUT2D eigenvalue weighted by atomic mass is 19.4. The first kappa shape index (κ1) is 22.2. The number of hydrogen-bond acceptors (Lipinski definition) is 4. The quantitative estimate of drug-likeness (QED) is 0.774. The third kappa shape index (κ3) is 5.56.